The second kappa shape index (κ2) is 6.00. The van der Waals surface area contributed by atoms with Crippen molar-refractivity contribution in [2.75, 3.05) is 11.6 Å². The van der Waals surface area contributed by atoms with Crippen molar-refractivity contribution >= 4 is 21.5 Å². The lowest BCUT2D eigenvalue weighted by Gasteiger charge is -2.07. The lowest BCUT2D eigenvalue weighted by Crippen LogP contribution is -2.01. The Labute approximate surface area is 138 Å². The van der Waals surface area contributed by atoms with Crippen molar-refractivity contribution < 1.29 is 12.8 Å². The predicted octanol–water partition coefficient (Wildman–Crippen LogP) is 2.16. The van der Waals surface area contributed by atoms with Gasteiger partial charge in [-0.05, 0) is 24.3 Å². The number of benzene rings is 1. The van der Waals surface area contributed by atoms with Gasteiger partial charge >= 0.3 is 0 Å². The summed E-state index contributed by atoms with van der Waals surface area (Å²) >= 11 is 0. The SMILES string of the molecule is Cn1cc(-c2nc(Nc3ccc(S(C)(=O)=O)cc3)ncc2F)cn1. The zero-order valence-corrected chi connectivity index (χ0v) is 13.7. The quantitative estimate of drug-likeness (QED) is 0.778. The van der Waals surface area contributed by atoms with E-state index in [0.717, 1.165) is 12.5 Å². The van der Waals surface area contributed by atoms with E-state index in [2.05, 4.69) is 20.4 Å². The van der Waals surface area contributed by atoms with Crippen LogP contribution in [0.15, 0.2) is 47.8 Å². The third-order valence-electron chi connectivity index (χ3n) is 3.26. The lowest BCUT2D eigenvalue weighted by molar-refractivity contribution is 0.602. The Hall–Kier alpha value is -2.81. The van der Waals surface area contributed by atoms with Gasteiger partial charge in [-0.15, -0.1) is 0 Å². The highest BCUT2D eigenvalue weighted by Gasteiger charge is 2.12. The number of rotatable bonds is 4. The first-order valence-corrected chi connectivity index (χ1v) is 8.81. The van der Waals surface area contributed by atoms with Gasteiger partial charge in [0.2, 0.25) is 5.95 Å². The summed E-state index contributed by atoms with van der Waals surface area (Å²) in [7, 11) is -1.53. The van der Waals surface area contributed by atoms with E-state index >= 15 is 0 Å². The Bertz CT molecular complexity index is 983. The molecular weight excluding hydrogens is 333 g/mol. The van der Waals surface area contributed by atoms with Crippen LogP contribution in [0.3, 0.4) is 0 Å². The van der Waals surface area contributed by atoms with Gasteiger partial charge < -0.3 is 5.32 Å². The highest BCUT2D eigenvalue weighted by molar-refractivity contribution is 7.90. The zero-order valence-electron chi connectivity index (χ0n) is 12.9. The van der Waals surface area contributed by atoms with Gasteiger partial charge in [0.15, 0.2) is 15.7 Å². The van der Waals surface area contributed by atoms with Crippen molar-refractivity contribution in [2.24, 2.45) is 7.05 Å². The van der Waals surface area contributed by atoms with Crippen molar-refractivity contribution in [2.45, 2.75) is 4.90 Å². The second-order valence-corrected chi connectivity index (χ2v) is 7.23. The Kier molecular flexibility index (Phi) is 4.02. The monoisotopic (exact) mass is 347 g/mol. The molecule has 0 radical (unpaired) electrons. The van der Waals surface area contributed by atoms with Gasteiger partial charge in [-0.1, -0.05) is 0 Å². The molecule has 0 aliphatic heterocycles. The fourth-order valence-corrected chi connectivity index (χ4v) is 2.72. The summed E-state index contributed by atoms with van der Waals surface area (Å²) in [6.45, 7) is 0. The Morgan fingerprint density at radius 2 is 1.88 bits per heavy atom. The molecule has 0 aliphatic carbocycles. The maximum atomic E-state index is 13.9. The van der Waals surface area contributed by atoms with Crippen LogP contribution < -0.4 is 5.32 Å². The first kappa shape index (κ1) is 16.1. The molecule has 0 aliphatic rings. The second-order valence-electron chi connectivity index (χ2n) is 5.21. The molecule has 3 rings (SSSR count). The number of hydrogen-bond donors (Lipinski definition) is 1. The molecule has 1 aromatic carbocycles. The largest absolute Gasteiger partial charge is 0.324 e. The Morgan fingerprint density at radius 1 is 1.17 bits per heavy atom. The fourth-order valence-electron chi connectivity index (χ4n) is 2.09. The van der Waals surface area contributed by atoms with Crippen molar-refractivity contribution in [3.05, 3.63) is 48.7 Å². The van der Waals surface area contributed by atoms with E-state index in [4.69, 9.17) is 0 Å². The van der Waals surface area contributed by atoms with Gasteiger partial charge in [0.25, 0.3) is 0 Å². The summed E-state index contributed by atoms with van der Waals surface area (Å²) in [4.78, 5) is 8.26. The summed E-state index contributed by atoms with van der Waals surface area (Å²) in [5, 5.41) is 6.91. The molecule has 24 heavy (non-hydrogen) atoms. The number of halogens is 1. The maximum absolute atomic E-state index is 13.9. The minimum atomic E-state index is -3.26. The Balaban J connectivity index is 1.88. The van der Waals surface area contributed by atoms with Gasteiger partial charge in [-0.3, -0.25) is 4.68 Å². The number of nitrogens with one attached hydrogen (secondary N) is 1. The van der Waals surface area contributed by atoms with Crippen molar-refractivity contribution in [1.29, 1.82) is 0 Å². The van der Waals surface area contributed by atoms with Crippen LogP contribution in [-0.4, -0.2) is 34.4 Å². The molecule has 1 N–H and O–H groups in total. The van der Waals surface area contributed by atoms with Gasteiger partial charge in [0.1, 0.15) is 5.69 Å². The highest BCUT2D eigenvalue weighted by Crippen LogP contribution is 2.22. The average Bonchev–Trinajstić information content (AvgIpc) is 2.95. The van der Waals surface area contributed by atoms with Gasteiger partial charge in [-0.2, -0.15) is 5.10 Å². The van der Waals surface area contributed by atoms with Crippen LogP contribution in [-0.2, 0) is 16.9 Å². The van der Waals surface area contributed by atoms with Crippen molar-refractivity contribution in [1.82, 2.24) is 19.7 Å². The van der Waals surface area contributed by atoms with Crippen LogP contribution in [0.1, 0.15) is 0 Å². The minimum absolute atomic E-state index is 0.133. The molecule has 3 aromatic rings. The van der Waals surface area contributed by atoms with E-state index in [1.165, 1.54) is 18.3 Å². The maximum Gasteiger partial charge on any atom is 0.227 e. The normalized spacial score (nSPS) is 11.5. The predicted molar refractivity (Wildman–Crippen MR) is 87.0 cm³/mol. The van der Waals surface area contributed by atoms with E-state index < -0.39 is 15.7 Å². The molecule has 0 fully saturated rings. The lowest BCUT2D eigenvalue weighted by atomic mass is 10.2. The molecule has 0 spiro atoms. The third-order valence-corrected chi connectivity index (χ3v) is 4.39. The molecule has 2 heterocycles. The fraction of sp³-hybridized carbons (Fsp3) is 0.133. The van der Waals surface area contributed by atoms with Crippen LogP contribution in [0, 0.1) is 5.82 Å². The summed E-state index contributed by atoms with van der Waals surface area (Å²) < 4.78 is 38.4. The van der Waals surface area contributed by atoms with Crippen molar-refractivity contribution in [3.63, 3.8) is 0 Å². The summed E-state index contributed by atoms with van der Waals surface area (Å²) in [5.74, 6) is -0.358. The average molecular weight is 347 g/mol. The summed E-state index contributed by atoms with van der Waals surface area (Å²) in [6.07, 6.45) is 5.37. The highest BCUT2D eigenvalue weighted by atomic mass is 32.2. The number of aromatic nitrogens is 4. The molecule has 7 nitrogen and oxygen atoms in total. The molecule has 124 valence electrons. The molecule has 0 unspecified atom stereocenters. The molecule has 0 amide bonds. The number of hydrogen-bond acceptors (Lipinski definition) is 6. The van der Waals surface area contributed by atoms with Gasteiger partial charge in [0, 0.05) is 30.8 Å². The smallest absolute Gasteiger partial charge is 0.227 e. The molecule has 9 heteroatoms. The number of anilines is 2. The molecule has 0 atom stereocenters. The van der Waals surface area contributed by atoms with E-state index in [0.29, 0.717) is 11.3 Å². The topological polar surface area (TPSA) is 89.8 Å². The zero-order chi connectivity index (χ0) is 17.3. The summed E-state index contributed by atoms with van der Waals surface area (Å²) in [5.41, 5.74) is 1.26. The van der Waals surface area contributed by atoms with E-state index in [1.807, 2.05) is 0 Å². The summed E-state index contributed by atoms with van der Waals surface area (Å²) in [6, 6.07) is 6.13. The number of nitrogens with zero attached hydrogens (tertiary/aromatic N) is 4. The minimum Gasteiger partial charge on any atom is -0.324 e. The van der Waals surface area contributed by atoms with Gasteiger partial charge in [0.05, 0.1) is 17.3 Å². The Morgan fingerprint density at radius 3 is 2.46 bits per heavy atom. The molecule has 0 saturated heterocycles. The van der Waals surface area contributed by atoms with Crippen LogP contribution in [0.25, 0.3) is 11.3 Å². The van der Waals surface area contributed by atoms with Crippen LogP contribution in [0.5, 0.6) is 0 Å². The number of sulfone groups is 1. The molecule has 2 aromatic heterocycles. The third kappa shape index (κ3) is 3.40. The van der Waals surface area contributed by atoms with Crippen LogP contribution in [0.2, 0.25) is 0 Å². The van der Waals surface area contributed by atoms with Crippen LogP contribution in [0.4, 0.5) is 16.0 Å². The van der Waals surface area contributed by atoms with Gasteiger partial charge in [-0.25, -0.2) is 22.8 Å². The first-order valence-electron chi connectivity index (χ1n) is 6.91. The van der Waals surface area contributed by atoms with E-state index in [-0.39, 0.29) is 16.5 Å². The molecule has 0 bridgehead atoms. The van der Waals surface area contributed by atoms with Crippen LogP contribution >= 0.6 is 0 Å². The first-order chi connectivity index (χ1) is 11.3. The van der Waals surface area contributed by atoms with E-state index in [1.54, 1.807) is 30.1 Å². The van der Waals surface area contributed by atoms with E-state index in [9.17, 15) is 12.8 Å². The van der Waals surface area contributed by atoms with Crippen molar-refractivity contribution in [3.8, 4) is 11.3 Å². The number of aryl methyl sites for hydroxylation is 1. The molecule has 0 saturated carbocycles. The standard InChI is InChI=1S/C15H14FN5O2S/c1-21-9-10(7-18-21)14-13(16)8-17-15(20-14)19-11-3-5-12(6-4-11)24(2,22)23/h3-9H,1-2H3,(H,17,19,20). The molecular formula is C15H14FN5O2S.